The van der Waals surface area contributed by atoms with Crippen molar-refractivity contribution in [2.75, 3.05) is 14.2 Å². The highest BCUT2D eigenvalue weighted by atomic mass is 16.5. The molecular weight excluding hydrogens is 236 g/mol. The smallest absolute Gasteiger partial charge is 0.333 e. The number of hydrogen-bond acceptors (Lipinski definition) is 4. The van der Waals surface area contributed by atoms with Crippen LogP contribution in [0.5, 0.6) is 11.5 Å². The fourth-order valence-corrected chi connectivity index (χ4v) is 2.34. The Kier molecular flexibility index (Phi) is 3.43. The van der Waals surface area contributed by atoms with Crippen LogP contribution in [0.25, 0.3) is 0 Å². The second kappa shape index (κ2) is 4.86. The minimum atomic E-state index is -0.961. The molecule has 1 heterocycles. The SMILES string of the molecule is COc1ccc(OC)c2c1CC(C(=O)O)OC2C. The molecule has 1 N–H and O–H groups in total. The van der Waals surface area contributed by atoms with E-state index in [0.29, 0.717) is 11.5 Å². The van der Waals surface area contributed by atoms with Crippen LogP contribution in [0.15, 0.2) is 12.1 Å². The van der Waals surface area contributed by atoms with E-state index in [0.717, 1.165) is 11.1 Å². The lowest BCUT2D eigenvalue weighted by atomic mass is 9.93. The van der Waals surface area contributed by atoms with Crippen LogP contribution >= 0.6 is 0 Å². The van der Waals surface area contributed by atoms with E-state index < -0.39 is 12.1 Å². The van der Waals surface area contributed by atoms with Gasteiger partial charge in [0.2, 0.25) is 0 Å². The molecule has 1 aliphatic heterocycles. The molecule has 0 saturated heterocycles. The number of aliphatic carboxylic acids is 1. The van der Waals surface area contributed by atoms with Gasteiger partial charge in [-0.1, -0.05) is 0 Å². The van der Waals surface area contributed by atoms with Crippen molar-refractivity contribution in [1.29, 1.82) is 0 Å². The Hall–Kier alpha value is -1.75. The van der Waals surface area contributed by atoms with E-state index in [9.17, 15) is 4.79 Å². The zero-order valence-corrected chi connectivity index (χ0v) is 10.6. The van der Waals surface area contributed by atoms with Crippen molar-refractivity contribution in [3.63, 3.8) is 0 Å². The summed E-state index contributed by atoms with van der Waals surface area (Å²) in [6.07, 6.45) is -0.886. The van der Waals surface area contributed by atoms with Gasteiger partial charge >= 0.3 is 5.97 Å². The quantitative estimate of drug-likeness (QED) is 0.888. The Morgan fingerprint density at radius 2 is 1.94 bits per heavy atom. The summed E-state index contributed by atoms with van der Waals surface area (Å²) in [5, 5.41) is 9.07. The summed E-state index contributed by atoms with van der Waals surface area (Å²) in [6.45, 7) is 1.82. The van der Waals surface area contributed by atoms with E-state index in [2.05, 4.69) is 0 Å². The van der Waals surface area contributed by atoms with E-state index in [-0.39, 0.29) is 12.5 Å². The molecule has 0 aromatic heterocycles. The van der Waals surface area contributed by atoms with Crippen molar-refractivity contribution in [3.05, 3.63) is 23.3 Å². The molecule has 1 aromatic carbocycles. The Labute approximate surface area is 105 Å². The third-order valence-corrected chi connectivity index (χ3v) is 3.15. The molecule has 0 spiro atoms. The Morgan fingerprint density at radius 3 is 2.50 bits per heavy atom. The number of ether oxygens (including phenoxy) is 3. The topological polar surface area (TPSA) is 65.0 Å². The fraction of sp³-hybridized carbons (Fsp3) is 0.462. The first-order chi connectivity index (χ1) is 8.58. The van der Waals surface area contributed by atoms with Gasteiger partial charge in [-0.05, 0) is 19.1 Å². The number of fused-ring (bicyclic) bond motifs is 1. The fourth-order valence-electron chi connectivity index (χ4n) is 2.34. The minimum Gasteiger partial charge on any atom is -0.496 e. The van der Waals surface area contributed by atoms with Crippen molar-refractivity contribution in [2.24, 2.45) is 0 Å². The van der Waals surface area contributed by atoms with E-state index >= 15 is 0 Å². The molecule has 5 nitrogen and oxygen atoms in total. The van der Waals surface area contributed by atoms with Gasteiger partial charge in [-0.2, -0.15) is 0 Å². The van der Waals surface area contributed by atoms with Gasteiger partial charge in [-0.3, -0.25) is 0 Å². The van der Waals surface area contributed by atoms with E-state index in [1.54, 1.807) is 26.4 Å². The third kappa shape index (κ3) is 2.01. The predicted octanol–water partition coefficient (Wildman–Crippen LogP) is 1.79. The maximum atomic E-state index is 11.1. The van der Waals surface area contributed by atoms with Crippen molar-refractivity contribution >= 4 is 5.97 Å². The Bertz CT molecular complexity index is 469. The van der Waals surface area contributed by atoms with Gasteiger partial charge in [-0.15, -0.1) is 0 Å². The minimum absolute atomic E-state index is 0.287. The average molecular weight is 252 g/mol. The summed E-state index contributed by atoms with van der Waals surface area (Å²) in [6, 6.07) is 3.59. The molecule has 5 heteroatoms. The standard InChI is InChI=1S/C13H16O5/c1-7-12-8(6-11(18-7)13(14)15)9(16-2)4-5-10(12)17-3/h4-5,7,11H,6H2,1-3H3,(H,14,15). The zero-order chi connectivity index (χ0) is 13.3. The van der Waals surface area contributed by atoms with Crippen LogP contribution in [0.1, 0.15) is 24.2 Å². The summed E-state index contributed by atoms with van der Waals surface area (Å²) >= 11 is 0. The average Bonchev–Trinajstić information content (AvgIpc) is 2.37. The third-order valence-electron chi connectivity index (χ3n) is 3.15. The molecule has 2 rings (SSSR count). The second-order valence-corrected chi connectivity index (χ2v) is 4.17. The van der Waals surface area contributed by atoms with Crippen LogP contribution in [0.3, 0.4) is 0 Å². The molecule has 0 saturated carbocycles. The molecule has 18 heavy (non-hydrogen) atoms. The molecule has 0 bridgehead atoms. The van der Waals surface area contributed by atoms with Crippen molar-refractivity contribution < 1.29 is 24.1 Å². The summed E-state index contributed by atoms with van der Waals surface area (Å²) in [7, 11) is 3.15. The van der Waals surface area contributed by atoms with E-state index in [4.69, 9.17) is 19.3 Å². The van der Waals surface area contributed by atoms with Crippen LogP contribution in [-0.4, -0.2) is 31.4 Å². The number of hydrogen-bond donors (Lipinski definition) is 1. The van der Waals surface area contributed by atoms with Crippen LogP contribution in [0, 0.1) is 0 Å². The second-order valence-electron chi connectivity index (χ2n) is 4.17. The van der Waals surface area contributed by atoms with Gasteiger partial charge in [0.05, 0.1) is 20.3 Å². The van der Waals surface area contributed by atoms with Gasteiger partial charge in [0, 0.05) is 17.5 Å². The van der Waals surface area contributed by atoms with E-state index in [1.807, 2.05) is 6.92 Å². The van der Waals surface area contributed by atoms with Crippen molar-refractivity contribution in [1.82, 2.24) is 0 Å². The van der Waals surface area contributed by atoms with Gasteiger partial charge in [-0.25, -0.2) is 4.79 Å². The van der Waals surface area contributed by atoms with Crippen LogP contribution < -0.4 is 9.47 Å². The highest BCUT2D eigenvalue weighted by molar-refractivity contribution is 5.74. The molecule has 0 radical (unpaired) electrons. The van der Waals surface area contributed by atoms with Crippen molar-refractivity contribution in [3.8, 4) is 11.5 Å². The molecule has 1 aliphatic rings. The predicted molar refractivity (Wildman–Crippen MR) is 64.2 cm³/mol. The molecular formula is C13H16O5. The number of rotatable bonds is 3. The molecule has 2 unspecified atom stereocenters. The number of carboxylic acid groups (broad SMARTS) is 1. The number of carboxylic acids is 1. The highest BCUT2D eigenvalue weighted by Gasteiger charge is 2.33. The first-order valence-corrected chi connectivity index (χ1v) is 5.70. The first kappa shape index (κ1) is 12.7. The van der Waals surface area contributed by atoms with Crippen molar-refractivity contribution in [2.45, 2.75) is 25.6 Å². The molecule has 1 aromatic rings. The summed E-state index contributed by atoms with van der Waals surface area (Å²) in [5.41, 5.74) is 1.72. The summed E-state index contributed by atoms with van der Waals surface area (Å²) in [4.78, 5) is 11.1. The lowest BCUT2D eigenvalue weighted by molar-refractivity contribution is -0.155. The normalized spacial score (nSPS) is 22.2. The monoisotopic (exact) mass is 252 g/mol. The molecule has 98 valence electrons. The number of carbonyl (C=O) groups is 1. The number of benzene rings is 1. The maximum Gasteiger partial charge on any atom is 0.333 e. The van der Waals surface area contributed by atoms with E-state index in [1.165, 1.54) is 0 Å². The lowest BCUT2D eigenvalue weighted by Gasteiger charge is -2.30. The lowest BCUT2D eigenvalue weighted by Crippen LogP contribution is -2.32. The summed E-state index contributed by atoms with van der Waals surface area (Å²) in [5.74, 6) is 0.409. The van der Waals surface area contributed by atoms with Gasteiger partial charge < -0.3 is 19.3 Å². The largest absolute Gasteiger partial charge is 0.496 e. The summed E-state index contributed by atoms with van der Waals surface area (Å²) < 4.78 is 16.1. The van der Waals surface area contributed by atoms with Crippen LogP contribution in [-0.2, 0) is 16.0 Å². The van der Waals surface area contributed by atoms with Gasteiger partial charge in [0.15, 0.2) is 6.10 Å². The number of methoxy groups -OCH3 is 2. The molecule has 0 amide bonds. The first-order valence-electron chi connectivity index (χ1n) is 5.70. The Balaban J connectivity index is 2.52. The van der Waals surface area contributed by atoms with Gasteiger partial charge in [0.25, 0.3) is 0 Å². The molecule has 0 aliphatic carbocycles. The molecule has 2 atom stereocenters. The van der Waals surface area contributed by atoms with Crippen LogP contribution in [0.2, 0.25) is 0 Å². The van der Waals surface area contributed by atoms with Gasteiger partial charge in [0.1, 0.15) is 11.5 Å². The highest BCUT2D eigenvalue weighted by Crippen LogP contribution is 2.41. The van der Waals surface area contributed by atoms with Crippen LogP contribution in [0.4, 0.5) is 0 Å². The Morgan fingerprint density at radius 1 is 1.33 bits per heavy atom. The molecule has 0 fully saturated rings. The zero-order valence-electron chi connectivity index (χ0n) is 10.6. The maximum absolute atomic E-state index is 11.1.